The van der Waals surface area contributed by atoms with Crippen LogP contribution in [0.25, 0.3) is 0 Å². The monoisotopic (exact) mass is 377 g/mol. The minimum atomic E-state index is -0.459. The molecule has 0 heterocycles. The van der Waals surface area contributed by atoms with Crippen LogP contribution in [0.1, 0.15) is 34.1 Å². The Morgan fingerprint density at radius 3 is 1.69 bits per heavy atom. The minimum Gasteiger partial charge on any atom is -0.459 e. The van der Waals surface area contributed by atoms with E-state index in [2.05, 4.69) is 5.32 Å². The van der Waals surface area contributed by atoms with E-state index in [1.54, 1.807) is 6.92 Å². The average Bonchev–Trinajstić information content (AvgIpc) is 2.52. The van der Waals surface area contributed by atoms with E-state index in [4.69, 9.17) is 23.7 Å². The molecule has 0 aliphatic carbocycles. The van der Waals surface area contributed by atoms with Crippen LogP contribution < -0.4 is 5.32 Å². The lowest BCUT2D eigenvalue weighted by atomic mass is 10.2. The van der Waals surface area contributed by atoms with Crippen LogP contribution in [-0.4, -0.2) is 83.3 Å². The molecule has 154 valence electrons. The second kappa shape index (κ2) is 16.1. The second-order valence-electron chi connectivity index (χ2n) is 6.66. The fraction of sp³-hybridized carbons (Fsp3) is 0.889. The van der Waals surface area contributed by atoms with E-state index in [1.165, 1.54) is 0 Å². The summed E-state index contributed by atoms with van der Waals surface area (Å²) in [5, 5.41) is 2.96. The molecule has 0 atom stereocenters. The number of ketones is 1. The third-order valence-corrected chi connectivity index (χ3v) is 2.83. The first-order valence-corrected chi connectivity index (χ1v) is 9.04. The van der Waals surface area contributed by atoms with E-state index in [1.807, 2.05) is 20.8 Å². The predicted molar refractivity (Wildman–Crippen MR) is 97.3 cm³/mol. The van der Waals surface area contributed by atoms with Crippen LogP contribution in [0.15, 0.2) is 0 Å². The van der Waals surface area contributed by atoms with Crippen molar-refractivity contribution in [1.82, 2.24) is 5.32 Å². The molecule has 0 saturated carbocycles. The van der Waals surface area contributed by atoms with E-state index in [0.717, 1.165) is 0 Å². The Morgan fingerprint density at radius 2 is 1.23 bits per heavy atom. The molecular formula is C18H35NO7. The molecule has 0 radical (unpaired) electrons. The number of Topliss-reactive ketones (excluding diaryl/α,β-unsaturated/α-hetero) is 1. The topological polar surface area (TPSA) is 92.3 Å². The van der Waals surface area contributed by atoms with E-state index in [9.17, 15) is 9.59 Å². The molecule has 0 aliphatic rings. The maximum absolute atomic E-state index is 11.4. The molecule has 8 nitrogen and oxygen atoms in total. The van der Waals surface area contributed by atoms with Crippen molar-refractivity contribution < 1.29 is 33.3 Å². The summed E-state index contributed by atoms with van der Waals surface area (Å²) >= 11 is 0. The van der Waals surface area contributed by atoms with E-state index in [-0.39, 0.29) is 18.3 Å². The van der Waals surface area contributed by atoms with Crippen LogP contribution in [0, 0.1) is 0 Å². The number of rotatable bonds is 17. The predicted octanol–water partition coefficient (Wildman–Crippen LogP) is 0.963. The fourth-order valence-corrected chi connectivity index (χ4v) is 1.69. The average molecular weight is 377 g/mol. The number of hydrogen-bond donors (Lipinski definition) is 1. The van der Waals surface area contributed by atoms with E-state index in [0.29, 0.717) is 65.8 Å². The van der Waals surface area contributed by atoms with Gasteiger partial charge in [-0.15, -0.1) is 0 Å². The molecule has 8 heteroatoms. The zero-order valence-electron chi connectivity index (χ0n) is 16.6. The third kappa shape index (κ3) is 21.0. The molecule has 0 spiro atoms. The van der Waals surface area contributed by atoms with Crippen molar-refractivity contribution in [3.8, 4) is 0 Å². The van der Waals surface area contributed by atoms with Crippen LogP contribution in [0.2, 0.25) is 0 Å². The Bertz CT molecular complexity index is 369. The molecular weight excluding hydrogens is 342 g/mol. The Morgan fingerprint density at radius 1 is 0.769 bits per heavy atom. The maximum atomic E-state index is 11.4. The summed E-state index contributed by atoms with van der Waals surface area (Å²) in [7, 11) is 0. The van der Waals surface area contributed by atoms with Gasteiger partial charge in [0.25, 0.3) is 0 Å². The molecule has 0 amide bonds. The quantitative estimate of drug-likeness (QED) is 0.296. The van der Waals surface area contributed by atoms with Crippen molar-refractivity contribution in [2.75, 3.05) is 65.9 Å². The summed E-state index contributed by atoms with van der Waals surface area (Å²) in [5.74, 6) is -0.148. The highest BCUT2D eigenvalue weighted by atomic mass is 16.6. The summed E-state index contributed by atoms with van der Waals surface area (Å²) in [6.07, 6.45) is 0.444. The summed E-state index contributed by atoms with van der Waals surface area (Å²) in [6.45, 7) is 11.7. The smallest absolute Gasteiger partial charge is 0.320 e. The van der Waals surface area contributed by atoms with Crippen molar-refractivity contribution in [1.29, 1.82) is 0 Å². The lowest BCUT2D eigenvalue weighted by Gasteiger charge is -2.19. The number of carbonyl (C=O) groups is 2. The van der Waals surface area contributed by atoms with Gasteiger partial charge in [-0.2, -0.15) is 0 Å². The normalized spacial score (nSPS) is 11.5. The highest BCUT2D eigenvalue weighted by Gasteiger charge is 2.15. The highest BCUT2D eigenvalue weighted by molar-refractivity contribution is 5.75. The zero-order valence-corrected chi connectivity index (χ0v) is 16.6. The standard InChI is InChI=1S/C18H35NO7/c1-16(20)5-7-22-9-11-24-13-14-25-12-10-23-8-6-19-15-17(21)26-18(2,3)4/h19H,5-15H2,1-4H3. The van der Waals surface area contributed by atoms with Crippen LogP contribution in [0.3, 0.4) is 0 Å². The molecule has 0 aromatic heterocycles. The first kappa shape index (κ1) is 24.9. The summed E-state index contributed by atoms with van der Waals surface area (Å²) in [4.78, 5) is 22.1. The fourth-order valence-electron chi connectivity index (χ4n) is 1.69. The lowest BCUT2D eigenvalue weighted by Crippen LogP contribution is -2.33. The van der Waals surface area contributed by atoms with Crippen molar-refractivity contribution >= 4 is 11.8 Å². The molecule has 1 N–H and O–H groups in total. The maximum Gasteiger partial charge on any atom is 0.320 e. The van der Waals surface area contributed by atoms with Gasteiger partial charge in [0.1, 0.15) is 11.4 Å². The minimum absolute atomic E-state index is 0.125. The Kier molecular flexibility index (Phi) is 15.5. The van der Waals surface area contributed by atoms with Crippen LogP contribution in [-0.2, 0) is 33.3 Å². The summed E-state index contributed by atoms with van der Waals surface area (Å²) in [5.41, 5.74) is -0.459. The van der Waals surface area contributed by atoms with Crippen molar-refractivity contribution in [3.05, 3.63) is 0 Å². The van der Waals surface area contributed by atoms with Crippen molar-refractivity contribution in [2.45, 2.75) is 39.7 Å². The molecule has 0 saturated heterocycles. The number of hydrogen-bond acceptors (Lipinski definition) is 8. The van der Waals surface area contributed by atoms with E-state index >= 15 is 0 Å². The first-order chi connectivity index (χ1) is 12.3. The van der Waals surface area contributed by atoms with Gasteiger partial charge in [0, 0.05) is 13.0 Å². The number of ether oxygens (including phenoxy) is 5. The van der Waals surface area contributed by atoms with Gasteiger partial charge in [0.2, 0.25) is 0 Å². The zero-order chi connectivity index (χ0) is 19.7. The molecule has 0 rings (SSSR count). The largest absolute Gasteiger partial charge is 0.459 e. The number of esters is 1. The SMILES string of the molecule is CC(=O)CCOCCOCCOCCOCCNCC(=O)OC(C)(C)C. The first-order valence-electron chi connectivity index (χ1n) is 9.04. The molecule has 0 fully saturated rings. The van der Waals surface area contributed by atoms with Gasteiger partial charge in [-0.25, -0.2) is 0 Å². The molecule has 0 bridgehead atoms. The van der Waals surface area contributed by atoms with Gasteiger partial charge in [0.15, 0.2) is 0 Å². The highest BCUT2D eigenvalue weighted by Crippen LogP contribution is 2.05. The third-order valence-electron chi connectivity index (χ3n) is 2.83. The molecule has 0 aromatic carbocycles. The summed E-state index contributed by atoms with van der Waals surface area (Å²) in [6, 6.07) is 0. The lowest BCUT2D eigenvalue weighted by molar-refractivity contribution is -0.153. The van der Waals surface area contributed by atoms with Gasteiger partial charge in [-0.05, 0) is 27.7 Å². The van der Waals surface area contributed by atoms with Crippen LogP contribution in [0.4, 0.5) is 0 Å². The Labute approximate surface area is 156 Å². The molecule has 0 aliphatic heterocycles. The van der Waals surface area contributed by atoms with Crippen molar-refractivity contribution in [3.63, 3.8) is 0 Å². The molecule has 26 heavy (non-hydrogen) atoms. The van der Waals surface area contributed by atoms with Gasteiger partial charge in [-0.3, -0.25) is 9.59 Å². The molecule has 0 unspecified atom stereocenters. The Hall–Kier alpha value is -1.06. The van der Waals surface area contributed by atoms with Crippen LogP contribution >= 0.6 is 0 Å². The molecule has 0 aromatic rings. The Balaban J connectivity index is 3.16. The van der Waals surface area contributed by atoms with Gasteiger partial charge >= 0.3 is 5.97 Å². The van der Waals surface area contributed by atoms with Gasteiger partial charge < -0.3 is 29.0 Å². The summed E-state index contributed by atoms with van der Waals surface area (Å²) < 4.78 is 26.5. The van der Waals surface area contributed by atoms with Crippen LogP contribution in [0.5, 0.6) is 0 Å². The second-order valence-corrected chi connectivity index (χ2v) is 6.66. The number of carbonyl (C=O) groups excluding carboxylic acids is 2. The van der Waals surface area contributed by atoms with Gasteiger partial charge in [-0.1, -0.05) is 0 Å². The van der Waals surface area contributed by atoms with Crippen molar-refractivity contribution in [2.24, 2.45) is 0 Å². The van der Waals surface area contributed by atoms with Gasteiger partial charge in [0.05, 0.1) is 59.4 Å². The number of nitrogens with one attached hydrogen (secondary N) is 1. The van der Waals surface area contributed by atoms with E-state index < -0.39 is 5.60 Å².